The number of aliphatic hydroxyl groups is 1. The van der Waals surface area contributed by atoms with Gasteiger partial charge in [0.2, 0.25) is 0 Å². The Morgan fingerprint density at radius 3 is 2.24 bits per heavy atom. The van der Waals surface area contributed by atoms with E-state index in [0.29, 0.717) is 6.54 Å². The molecule has 21 heavy (non-hydrogen) atoms. The van der Waals surface area contributed by atoms with Gasteiger partial charge in [-0.2, -0.15) is 0 Å². The first-order valence-electron chi connectivity index (χ1n) is 7.47. The highest BCUT2D eigenvalue weighted by molar-refractivity contribution is 6.62. The van der Waals surface area contributed by atoms with E-state index in [4.69, 9.17) is 14.4 Å². The zero-order valence-corrected chi connectivity index (χ0v) is 13.9. The van der Waals surface area contributed by atoms with Crippen LogP contribution in [0.2, 0.25) is 0 Å². The molecule has 0 saturated carbocycles. The van der Waals surface area contributed by atoms with Crippen LogP contribution in [0.4, 0.5) is 5.69 Å². The monoisotopic (exact) mass is 291 g/mol. The molecule has 0 aromatic heterocycles. The fraction of sp³-hybridized carbons (Fsp3) is 0.625. The zero-order chi connectivity index (χ0) is 15.8. The molecular formula is C16H26BNO3. The first-order chi connectivity index (χ1) is 9.69. The Hall–Kier alpha value is -1.04. The van der Waals surface area contributed by atoms with Crippen LogP contribution in [-0.2, 0) is 9.31 Å². The van der Waals surface area contributed by atoms with Gasteiger partial charge in [0.25, 0.3) is 0 Å². The van der Waals surface area contributed by atoms with Crippen molar-refractivity contribution >= 4 is 18.3 Å². The minimum Gasteiger partial charge on any atom is -0.399 e. The maximum absolute atomic E-state index is 9.12. The summed E-state index contributed by atoms with van der Waals surface area (Å²) >= 11 is 0. The van der Waals surface area contributed by atoms with Gasteiger partial charge in [-0.05, 0) is 51.7 Å². The smallest absolute Gasteiger partial charge is 0.399 e. The highest BCUT2D eigenvalue weighted by Crippen LogP contribution is 2.37. The van der Waals surface area contributed by atoms with Crippen LogP contribution in [0.1, 0.15) is 33.3 Å². The molecule has 5 heteroatoms. The molecular weight excluding hydrogens is 265 g/mol. The maximum atomic E-state index is 9.12. The van der Waals surface area contributed by atoms with E-state index in [2.05, 4.69) is 40.7 Å². The molecule has 1 aromatic rings. The second-order valence-corrected chi connectivity index (χ2v) is 6.72. The van der Waals surface area contributed by atoms with Gasteiger partial charge in [0.1, 0.15) is 0 Å². The Morgan fingerprint density at radius 1 is 1.14 bits per heavy atom. The highest BCUT2D eigenvalue weighted by atomic mass is 16.7. The second-order valence-electron chi connectivity index (χ2n) is 6.72. The van der Waals surface area contributed by atoms with E-state index in [-0.39, 0.29) is 24.9 Å². The average Bonchev–Trinajstić information content (AvgIpc) is 2.58. The molecule has 0 atom stereocenters. The van der Waals surface area contributed by atoms with E-state index in [1.54, 1.807) is 0 Å². The Morgan fingerprint density at radius 2 is 1.71 bits per heavy atom. The first-order valence-corrected chi connectivity index (χ1v) is 7.47. The molecule has 116 valence electrons. The van der Waals surface area contributed by atoms with Crippen LogP contribution in [0.3, 0.4) is 0 Å². The summed E-state index contributed by atoms with van der Waals surface area (Å²) in [5, 5.41) is 9.12. The van der Waals surface area contributed by atoms with E-state index in [0.717, 1.165) is 16.7 Å². The van der Waals surface area contributed by atoms with Crippen LogP contribution in [-0.4, -0.2) is 43.6 Å². The van der Waals surface area contributed by atoms with Crippen molar-refractivity contribution < 1.29 is 14.4 Å². The summed E-state index contributed by atoms with van der Waals surface area (Å²) in [5.74, 6) is 0. The Bertz CT molecular complexity index is 500. The molecule has 0 amide bonds. The van der Waals surface area contributed by atoms with Gasteiger partial charge in [-0.25, -0.2) is 0 Å². The number of benzene rings is 1. The molecule has 1 aliphatic heterocycles. The van der Waals surface area contributed by atoms with Gasteiger partial charge >= 0.3 is 7.12 Å². The summed E-state index contributed by atoms with van der Waals surface area (Å²) < 4.78 is 12.3. The van der Waals surface area contributed by atoms with Crippen LogP contribution in [0, 0.1) is 6.92 Å². The lowest BCUT2D eigenvalue weighted by Gasteiger charge is -2.32. The lowest BCUT2D eigenvalue weighted by molar-refractivity contribution is 0.00578. The van der Waals surface area contributed by atoms with Gasteiger partial charge in [-0.1, -0.05) is 12.1 Å². The SMILES string of the molecule is Cc1c(B2OC(C)(C)C(C)(C)O2)cccc1N(C)CCO. The van der Waals surface area contributed by atoms with Gasteiger partial charge in [0.15, 0.2) is 0 Å². The zero-order valence-electron chi connectivity index (χ0n) is 13.9. The topological polar surface area (TPSA) is 41.9 Å². The van der Waals surface area contributed by atoms with E-state index in [1.807, 2.05) is 24.1 Å². The van der Waals surface area contributed by atoms with E-state index < -0.39 is 0 Å². The van der Waals surface area contributed by atoms with Crippen LogP contribution in [0.15, 0.2) is 18.2 Å². The molecule has 0 radical (unpaired) electrons. The molecule has 1 heterocycles. The summed E-state index contributed by atoms with van der Waals surface area (Å²) in [6.07, 6.45) is 0. The van der Waals surface area contributed by atoms with Crippen molar-refractivity contribution in [2.45, 2.75) is 45.8 Å². The van der Waals surface area contributed by atoms with Crippen molar-refractivity contribution in [3.63, 3.8) is 0 Å². The van der Waals surface area contributed by atoms with E-state index in [9.17, 15) is 0 Å². The number of rotatable bonds is 4. The first kappa shape index (κ1) is 16.3. The van der Waals surface area contributed by atoms with E-state index in [1.165, 1.54) is 0 Å². The van der Waals surface area contributed by atoms with Crippen LogP contribution < -0.4 is 10.4 Å². The predicted octanol–water partition coefficient (Wildman–Crippen LogP) is 1.72. The summed E-state index contributed by atoms with van der Waals surface area (Å²) in [6.45, 7) is 11.1. The molecule has 1 N–H and O–H groups in total. The van der Waals surface area contributed by atoms with Gasteiger partial charge in [0.05, 0.1) is 17.8 Å². The lowest BCUT2D eigenvalue weighted by atomic mass is 9.75. The molecule has 1 fully saturated rings. The summed E-state index contributed by atoms with van der Waals surface area (Å²) in [4.78, 5) is 2.05. The van der Waals surface area contributed by atoms with Gasteiger partial charge < -0.3 is 19.3 Å². The van der Waals surface area contributed by atoms with Crippen molar-refractivity contribution in [3.05, 3.63) is 23.8 Å². The van der Waals surface area contributed by atoms with Crippen LogP contribution in [0.5, 0.6) is 0 Å². The van der Waals surface area contributed by atoms with Crippen molar-refractivity contribution in [2.24, 2.45) is 0 Å². The third-order valence-electron chi connectivity index (χ3n) is 4.70. The van der Waals surface area contributed by atoms with Crippen molar-refractivity contribution in [1.82, 2.24) is 0 Å². The normalized spacial score (nSPS) is 19.9. The molecule has 4 nitrogen and oxygen atoms in total. The van der Waals surface area contributed by atoms with Crippen molar-refractivity contribution in [3.8, 4) is 0 Å². The number of anilines is 1. The standard InChI is InChI=1S/C16H26BNO3/c1-12-13(8-7-9-14(12)18(6)10-11-19)17-20-15(2,3)16(4,5)21-17/h7-9,19H,10-11H2,1-6H3. The minimum atomic E-state index is -0.350. The quantitative estimate of drug-likeness (QED) is 0.858. The molecule has 0 unspecified atom stereocenters. The largest absolute Gasteiger partial charge is 0.495 e. The van der Waals surface area contributed by atoms with Crippen molar-refractivity contribution in [1.29, 1.82) is 0 Å². The summed E-state index contributed by atoms with van der Waals surface area (Å²) in [7, 11) is 1.63. The third kappa shape index (κ3) is 2.96. The Balaban J connectivity index is 2.32. The molecule has 1 aliphatic rings. The lowest BCUT2D eigenvalue weighted by Crippen LogP contribution is -2.41. The number of likely N-dealkylation sites (N-methyl/N-ethyl adjacent to an activating group) is 1. The molecule has 1 aromatic carbocycles. The maximum Gasteiger partial charge on any atom is 0.495 e. The predicted molar refractivity (Wildman–Crippen MR) is 87.3 cm³/mol. The van der Waals surface area contributed by atoms with Gasteiger partial charge in [-0.15, -0.1) is 0 Å². The minimum absolute atomic E-state index is 0.136. The molecule has 0 aliphatic carbocycles. The number of hydrogen-bond donors (Lipinski definition) is 1. The molecule has 2 rings (SSSR count). The Kier molecular flexibility index (Phi) is 4.38. The average molecular weight is 291 g/mol. The molecule has 0 bridgehead atoms. The molecule has 1 saturated heterocycles. The summed E-state index contributed by atoms with van der Waals surface area (Å²) in [5.41, 5.74) is 2.60. The van der Waals surface area contributed by atoms with Crippen LogP contribution >= 0.6 is 0 Å². The van der Waals surface area contributed by atoms with Crippen LogP contribution in [0.25, 0.3) is 0 Å². The number of aliphatic hydroxyl groups excluding tert-OH is 1. The van der Waals surface area contributed by atoms with Gasteiger partial charge in [0, 0.05) is 19.3 Å². The van der Waals surface area contributed by atoms with Gasteiger partial charge in [-0.3, -0.25) is 0 Å². The third-order valence-corrected chi connectivity index (χ3v) is 4.70. The van der Waals surface area contributed by atoms with Crippen molar-refractivity contribution in [2.75, 3.05) is 25.1 Å². The fourth-order valence-corrected chi connectivity index (χ4v) is 2.55. The second kappa shape index (κ2) is 5.63. The summed E-state index contributed by atoms with van der Waals surface area (Å²) in [6, 6.07) is 6.12. The molecule has 0 spiro atoms. The fourth-order valence-electron chi connectivity index (χ4n) is 2.55. The van der Waals surface area contributed by atoms with E-state index >= 15 is 0 Å². The Labute approximate surface area is 128 Å². The number of hydrogen-bond acceptors (Lipinski definition) is 4. The highest BCUT2D eigenvalue weighted by Gasteiger charge is 2.52. The number of nitrogens with zero attached hydrogens (tertiary/aromatic N) is 1.